The number of hydrogen-bond acceptors (Lipinski definition) is 4. The Kier molecular flexibility index (Phi) is 3.58. The molecule has 1 N–H and O–H groups in total. The Hall–Kier alpha value is -2.35. The van der Waals surface area contributed by atoms with Crippen LogP contribution in [0.15, 0.2) is 36.8 Å². The zero-order valence-corrected chi connectivity index (χ0v) is 10.4. The van der Waals surface area contributed by atoms with E-state index in [2.05, 4.69) is 29.2 Å². The van der Waals surface area contributed by atoms with Crippen LogP contribution in [0.3, 0.4) is 0 Å². The fourth-order valence-electron chi connectivity index (χ4n) is 1.65. The summed E-state index contributed by atoms with van der Waals surface area (Å²) >= 11 is 0. The predicted octanol–water partition coefficient (Wildman–Crippen LogP) is 2.21. The highest BCUT2D eigenvalue weighted by atomic mass is 15.3. The molecule has 0 fully saturated rings. The van der Waals surface area contributed by atoms with E-state index >= 15 is 0 Å². The Morgan fingerprint density at radius 1 is 1.39 bits per heavy atom. The second-order valence-electron chi connectivity index (χ2n) is 4.20. The first-order valence-electron chi connectivity index (χ1n) is 5.82. The van der Waals surface area contributed by atoms with E-state index in [1.54, 1.807) is 18.5 Å². The first-order valence-corrected chi connectivity index (χ1v) is 5.82. The second kappa shape index (κ2) is 5.32. The van der Waals surface area contributed by atoms with Crippen LogP contribution in [0.25, 0.3) is 0 Å². The van der Waals surface area contributed by atoms with Crippen LogP contribution in [-0.2, 0) is 0 Å². The van der Waals surface area contributed by atoms with Gasteiger partial charge in [0.2, 0.25) is 0 Å². The molecule has 0 unspecified atom stereocenters. The van der Waals surface area contributed by atoms with E-state index in [0.717, 1.165) is 5.82 Å². The number of anilines is 1. The lowest BCUT2D eigenvalue weighted by Crippen LogP contribution is -2.27. The topological polar surface area (TPSA) is 66.5 Å². The van der Waals surface area contributed by atoms with Gasteiger partial charge >= 0.3 is 0 Å². The van der Waals surface area contributed by atoms with Crippen molar-refractivity contribution in [1.29, 1.82) is 5.26 Å². The standard InChI is InChI=1S/C13H15N5/c1-10(11(2)18-7-3-6-16-18)17-13-5-4-12(8-14)9-15-13/h3-7,9-11H,1-2H3,(H,15,17)/t10-,11-/m0/s1. The molecular weight excluding hydrogens is 226 g/mol. The average Bonchev–Trinajstić information content (AvgIpc) is 2.92. The highest BCUT2D eigenvalue weighted by molar-refractivity contribution is 5.39. The third-order valence-electron chi connectivity index (χ3n) is 2.93. The van der Waals surface area contributed by atoms with Crippen molar-refractivity contribution >= 4 is 5.82 Å². The van der Waals surface area contributed by atoms with E-state index in [1.165, 1.54) is 0 Å². The zero-order chi connectivity index (χ0) is 13.0. The van der Waals surface area contributed by atoms with Crippen LogP contribution in [0.4, 0.5) is 5.82 Å². The Morgan fingerprint density at radius 3 is 2.78 bits per heavy atom. The van der Waals surface area contributed by atoms with Crippen LogP contribution in [0.5, 0.6) is 0 Å². The van der Waals surface area contributed by atoms with Gasteiger partial charge in [-0.15, -0.1) is 0 Å². The van der Waals surface area contributed by atoms with E-state index < -0.39 is 0 Å². The van der Waals surface area contributed by atoms with Crippen LogP contribution in [0.1, 0.15) is 25.5 Å². The molecular formula is C13H15N5. The van der Waals surface area contributed by atoms with E-state index in [9.17, 15) is 0 Å². The highest BCUT2D eigenvalue weighted by Gasteiger charge is 2.14. The summed E-state index contributed by atoms with van der Waals surface area (Å²) in [6.45, 7) is 4.17. The van der Waals surface area contributed by atoms with Crippen molar-refractivity contribution in [1.82, 2.24) is 14.8 Å². The molecule has 0 bridgehead atoms. The summed E-state index contributed by atoms with van der Waals surface area (Å²) in [5.74, 6) is 0.764. The fourth-order valence-corrected chi connectivity index (χ4v) is 1.65. The number of rotatable bonds is 4. The molecule has 5 nitrogen and oxygen atoms in total. The molecule has 0 saturated heterocycles. The number of aromatic nitrogens is 3. The fraction of sp³-hybridized carbons (Fsp3) is 0.308. The molecule has 2 aromatic rings. The molecule has 0 radical (unpaired) electrons. The zero-order valence-electron chi connectivity index (χ0n) is 10.4. The van der Waals surface area contributed by atoms with Gasteiger partial charge in [0.1, 0.15) is 11.9 Å². The summed E-state index contributed by atoms with van der Waals surface area (Å²) in [5.41, 5.74) is 0.563. The van der Waals surface area contributed by atoms with Gasteiger partial charge in [-0.2, -0.15) is 10.4 Å². The van der Waals surface area contributed by atoms with E-state index in [1.807, 2.05) is 29.1 Å². The maximum Gasteiger partial charge on any atom is 0.126 e. The Bertz CT molecular complexity index is 524. The summed E-state index contributed by atoms with van der Waals surface area (Å²) in [5, 5.41) is 16.2. The number of nitriles is 1. The lowest BCUT2D eigenvalue weighted by Gasteiger charge is -2.22. The van der Waals surface area contributed by atoms with Gasteiger partial charge in [0.15, 0.2) is 0 Å². The minimum atomic E-state index is 0.185. The number of nitrogens with zero attached hydrogens (tertiary/aromatic N) is 4. The lowest BCUT2D eigenvalue weighted by molar-refractivity contribution is 0.443. The number of nitrogens with one attached hydrogen (secondary N) is 1. The van der Waals surface area contributed by atoms with Crippen LogP contribution < -0.4 is 5.32 Å². The summed E-state index contributed by atoms with van der Waals surface area (Å²) in [4.78, 5) is 4.19. The molecule has 0 aliphatic rings. The van der Waals surface area contributed by atoms with Crippen LogP contribution >= 0.6 is 0 Å². The lowest BCUT2D eigenvalue weighted by atomic mass is 10.1. The van der Waals surface area contributed by atoms with Gasteiger partial charge in [-0.3, -0.25) is 4.68 Å². The molecule has 2 aromatic heterocycles. The van der Waals surface area contributed by atoms with Gasteiger partial charge in [-0.05, 0) is 32.0 Å². The molecule has 0 aliphatic carbocycles. The van der Waals surface area contributed by atoms with Gasteiger partial charge in [0.25, 0.3) is 0 Å². The molecule has 0 spiro atoms. The molecule has 92 valence electrons. The first kappa shape index (κ1) is 12.1. The van der Waals surface area contributed by atoms with Crippen molar-refractivity contribution in [2.75, 3.05) is 5.32 Å². The summed E-state index contributed by atoms with van der Waals surface area (Å²) in [6, 6.07) is 7.92. The van der Waals surface area contributed by atoms with Crippen molar-refractivity contribution < 1.29 is 0 Å². The highest BCUT2D eigenvalue weighted by Crippen LogP contribution is 2.14. The number of pyridine rings is 1. The van der Waals surface area contributed by atoms with Gasteiger partial charge in [0, 0.05) is 24.6 Å². The quantitative estimate of drug-likeness (QED) is 0.891. The number of hydrogen-bond donors (Lipinski definition) is 1. The summed E-state index contributed by atoms with van der Waals surface area (Å²) < 4.78 is 1.90. The van der Waals surface area contributed by atoms with E-state index in [0.29, 0.717) is 5.56 Å². The molecule has 0 amide bonds. The van der Waals surface area contributed by atoms with Crippen molar-refractivity contribution in [3.05, 3.63) is 42.4 Å². The molecule has 18 heavy (non-hydrogen) atoms. The SMILES string of the molecule is C[C@H](Nc1ccc(C#N)cn1)[C@H](C)n1cccn1. The van der Waals surface area contributed by atoms with Gasteiger partial charge in [-0.1, -0.05) is 0 Å². The second-order valence-corrected chi connectivity index (χ2v) is 4.20. The average molecular weight is 241 g/mol. The van der Waals surface area contributed by atoms with Crippen molar-refractivity contribution in [3.63, 3.8) is 0 Å². The molecule has 0 aliphatic heterocycles. The van der Waals surface area contributed by atoms with Crippen molar-refractivity contribution in [2.24, 2.45) is 0 Å². The van der Waals surface area contributed by atoms with Crippen molar-refractivity contribution in [2.45, 2.75) is 25.9 Å². The molecule has 0 aromatic carbocycles. The Balaban J connectivity index is 2.02. The summed E-state index contributed by atoms with van der Waals surface area (Å²) in [6.07, 6.45) is 5.27. The molecule has 2 rings (SSSR count). The van der Waals surface area contributed by atoms with Crippen LogP contribution in [0.2, 0.25) is 0 Å². The van der Waals surface area contributed by atoms with Gasteiger partial charge in [-0.25, -0.2) is 4.98 Å². The predicted molar refractivity (Wildman–Crippen MR) is 69.0 cm³/mol. The van der Waals surface area contributed by atoms with Crippen LogP contribution in [-0.4, -0.2) is 20.8 Å². The third kappa shape index (κ3) is 2.66. The maximum atomic E-state index is 8.70. The van der Waals surface area contributed by atoms with E-state index in [4.69, 9.17) is 5.26 Å². The van der Waals surface area contributed by atoms with Gasteiger partial charge in [0.05, 0.1) is 11.6 Å². The van der Waals surface area contributed by atoms with Crippen LogP contribution in [0, 0.1) is 11.3 Å². The monoisotopic (exact) mass is 241 g/mol. The first-order chi connectivity index (χ1) is 8.70. The maximum absolute atomic E-state index is 8.70. The normalized spacial score (nSPS) is 13.6. The molecule has 2 atom stereocenters. The Morgan fingerprint density at radius 2 is 2.22 bits per heavy atom. The van der Waals surface area contributed by atoms with Crippen molar-refractivity contribution in [3.8, 4) is 6.07 Å². The third-order valence-corrected chi connectivity index (χ3v) is 2.93. The summed E-state index contributed by atoms with van der Waals surface area (Å²) in [7, 11) is 0. The molecule has 5 heteroatoms. The molecule has 2 heterocycles. The Labute approximate surface area is 106 Å². The largest absolute Gasteiger partial charge is 0.365 e. The smallest absolute Gasteiger partial charge is 0.126 e. The van der Waals surface area contributed by atoms with Gasteiger partial charge < -0.3 is 5.32 Å². The minimum Gasteiger partial charge on any atom is -0.365 e. The van der Waals surface area contributed by atoms with E-state index in [-0.39, 0.29) is 12.1 Å². The minimum absolute atomic E-state index is 0.185. The molecule has 0 saturated carbocycles.